The number of methoxy groups -OCH3 is 2. The van der Waals surface area contributed by atoms with Gasteiger partial charge in [0, 0.05) is 17.5 Å². The molecular weight excluding hydrogens is 396 g/mol. The van der Waals surface area contributed by atoms with Crippen LogP contribution in [0.5, 0.6) is 17.2 Å². The summed E-state index contributed by atoms with van der Waals surface area (Å²) in [6, 6.07) is 9.52. The molecule has 0 aromatic heterocycles. The molecule has 3 rings (SSSR count). The number of carbonyl (C=O) groups is 2. The second-order valence-electron chi connectivity index (χ2n) is 8.28. The highest BCUT2D eigenvalue weighted by molar-refractivity contribution is 6.01. The summed E-state index contributed by atoms with van der Waals surface area (Å²) >= 11 is 0. The Bertz CT molecular complexity index is 976. The van der Waals surface area contributed by atoms with Crippen LogP contribution in [0, 0.1) is 5.41 Å². The summed E-state index contributed by atoms with van der Waals surface area (Å²) in [5, 5.41) is 0. The highest BCUT2D eigenvalue weighted by Crippen LogP contribution is 2.45. The third-order valence-electron chi connectivity index (χ3n) is 5.41. The van der Waals surface area contributed by atoms with Gasteiger partial charge in [0.2, 0.25) is 5.75 Å². The summed E-state index contributed by atoms with van der Waals surface area (Å²) < 4.78 is 22.6. The van der Waals surface area contributed by atoms with Crippen LogP contribution in [-0.2, 0) is 16.0 Å². The van der Waals surface area contributed by atoms with Gasteiger partial charge in [-0.25, -0.2) is 0 Å². The lowest BCUT2D eigenvalue weighted by molar-refractivity contribution is -0.155. The molecule has 31 heavy (non-hydrogen) atoms. The standard InChI is InChI=1S/C25H30O6/c1-6-13-30-24(27)25(2,3)15-31-22-19(10-12-21(28-4)23(22)29-5)17-7-9-18-16(14-17)8-11-20(18)26/h7,9-10,12,14H,6,8,11,13,15H2,1-5H3. The Balaban J connectivity index is 1.98. The summed E-state index contributed by atoms with van der Waals surface area (Å²) in [7, 11) is 3.12. The fourth-order valence-corrected chi connectivity index (χ4v) is 3.59. The van der Waals surface area contributed by atoms with Crippen molar-refractivity contribution in [1.82, 2.24) is 0 Å². The number of ether oxygens (including phenoxy) is 4. The Kier molecular flexibility index (Phi) is 6.88. The van der Waals surface area contributed by atoms with E-state index in [1.165, 1.54) is 0 Å². The number of aryl methyl sites for hydroxylation is 1. The van der Waals surface area contributed by atoms with Crippen LogP contribution in [0.25, 0.3) is 11.1 Å². The lowest BCUT2D eigenvalue weighted by Crippen LogP contribution is -2.33. The SMILES string of the molecule is CCCOC(=O)C(C)(C)COc1c(-c2ccc3c(c2)CCC3=O)ccc(OC)c1OC. The van der Waals surface area contributed by atoms with E-state index in [2.05, 4.69) is 0 Å². The Morgan fingerprint density at radius 1 is 1.00 bits per heavy atom. The van der Waals surface area contributed by atoms with E-state index in [9.17, 15) is 9.59 Å². The molecule has 0 radical (unpaired) electrons. The molecule has 0 bridgehead atoms. The average molecular weight is 427 g/mol. The molecule has 0 N–H and O–H groups in total. The van der Waals surface area contributed by atoms with Crippen molar-refractivity contribution in [3.63, 3.8) is 0 Å². The number of ketones is 1. The second-order valence-corrected chi connectivity index (χ2v) is 8.28. The van der Waals surface area contributed by atoms with Gasteiger partial charge in [0.05, 0.1) is 26.2 Å². The van der Waals surface area contributed by atoms with Crippen molar-refractivity contribution in [1.29, 1.82) is 0 Å². The van der Waals surface area contributed by atoms with Crippen molar-refractivity contribution < 1.29 is 28.5 Å². The van der Waals surface area contributed by atoms with E-state index in [1.54, 1.807) is 28.1 Å². The number of carbonyl (C=O) groups excluding carboxylic acids is 2. The maximum Gasteiger partial charge on any atom is 0.314 e. The highest BCUT2D eigenvalue weighted by atomic mass is 16.5. The number of rotatable bonds is 9. The molecule has 6 nitrogen and oxygen atoms in total. The van der Waals surface area contributed by atoms with Crippen molar-refractivity contribution >= 4 is 11.8 Å². The minimum Gasteiger partial charge on any atom is -0.493 e. The van der Waals surface area contributed by atoms with Crippen molar-refractivity contribution in [2.45, 2.75) is 40.0 Å². The van der Waals surface area contributed by atoms with Gasteiger partial charge in [0.25, 0.3) is 0 Å². The lowest BCUT2D eigenvalue weighted by Gasteiger charge is -2.25. The Morgan fingerprint density at radius 3 is 2.42 bits per heavy atom. The minimum absolute atomic E-state index is 0.107. The summed E-state index contributed by atoms with van der Waals surface area (Å²) in [5.41, 5.74) is 2.69. The van der Waals surface area contributed by atoms with Crippen LogP contribution in [0.15, 0.2) is 30.3 Å². The van der Waals surface area contributed by atoms with Crippen LogP contribution in [0.3, 0.4) is 0 Å². The minimum atomic E-state index is -0.842. The van der Waals surface area contributed by atoms with Gasteiger partial charge in [0.15, 0.2) is 17.3 Å². The molecule has 6 heteroatoms. The monoisotopic (exact) mass is 426 g/mol. The van der Waals surface area contributed by atoms with E-state index in [1.807, 2.05) is 37.3 Å². The molecule has 0 saturated heterocycles. The molecule has 0 aliphatic heterocycles. The van der Waals surface area contributed by atoms with Crippen molar-refractivity contribution in [2.24, 2.45) is 5.41 Å². The van der Waals surface area contributed by atoms with Crippen molar-refractivity contribution in [2.75, 3.05) is 27.4 Å². The maximum atomic E-state index is 12.4. The van der Waals surface area contributed by atoms with Crippen LogP contribution < -0.4 is 14.2 Å². The first-order valence-electron chi connectivity index (χ1n) is 10.5. The Hall–Kier alpha value is -3.02. The third-order valence-corrected chi connectivity index (χ3v) is 5.41. The zero-order valence-electron chi connectivity index (χ0n) is 18.9. The molecule has 0 amide bonds. The van der Waals surface area contributed by atoms with E-state index < -0.39 is 5.41 Å². The Labute approximate surface area is 183 Å². The van der Waals surface area contributed by atoms with E-state index in [0.29, 0.717) is 30.3 Å². The third kappa shape index (κ3) is 4.68. The topological polar surface area (TPSA) is 71.1 Å². The highest BCUT2D eigenvalue weighted by Gasteiger charge is 2.32. The number of hydrogen-bond donors (Lipinski definition) is 0. The summed E-state index contributed by atoms with van der Waals surface area (Å²) in [5.74, 6) is 1.34. The fraction of sp³-hybridized carbons (Fsp3) is 0.440. The van der Waals surface area contributed by atoms with Gasteiger partial charge in [-0.05, 0) is 49.9 Å². The first-order chi connectivity index (χ1) is 14.8. The number of esters is 1. The zero-order chi connectivity index (χ0) is 22.6. The van der Waals surface area contributed by atoms with Gasteiger partial charge < -0.3 is 18.9 Å². The van der Waals surface area contributed by atoms with Gasteiger partial charge >= 0.3 is 5.97 Å². The molecule has 2 aromatic carbocycles. The van der Waals surface area contributed by atoms with Gasteiger partial charge in [-0.2, -0.15) is 0 Å². The van der Waals surface area contributed by atoms with Gasteiger partial charge in [-0.1, -0.05) is 25.1 Å². The van der Waals surface area contributed by atoms with Gasteiger partial charge in [-0.15, -0.1) is 0 Å². The molecule has 1 aliphatic rings. The zero-order valence-corrected chi connectivity index (χ0v) is 18.9. The van der Waals surface area contributed by atoms with Crippen LogP contribution in [0.1, 0.15) is 49.5 Å². The van der Waals surface area contributed by atoms with Crippen LogP contribution >= 0.6 is 0 Å². The molecule has 0 saturated carbocycles. The number of fused-ring (bicyclic) bond motifs is 1. The molecule has 1 aliphatic carbocycles. The van der Waals surface area contributed by atoms with Crippen molar-refractivity contribution in [3.8, 4) is 28.4 Å². The molecule has 2 aromatic rings. The van der Waals surface area contributed by atoms with Gasteiger partial charge in [0.1, 0.15) is 6.61 Å². The quantitative estimate of drug-likeness (QED) is 0.534. The fourth-order valence-electron chi connectivity index (χ4n) is 3.59. The van der Waals surface area contributed by atoms with Crippen LogP contribution in [0.4, 0.5) is 0 Å². The number of hydrogen-bond acceptors (Lipinski definition) is 6. The predicted octanol–water partition coefficient (Wildman–Crippen LogP) is 4.86. The Morgan fingerprint density at radius 2 is 1.74 bits per heavy atom. The van der Waals surface area contributed by atoms with E-state index in [4.69, 9.17) is 18.9 Å². The summed E-state index contributed by atoms with van der Waals surface area (Å²) in [4.78, 5) is 24.5. The molecule has 0 unspecified atom stereocenters. The maximum absolute atomic E-state index is 12.4. The predicted molar refractivity (Wildman–Crippen MR) is 118 cm³/mol. The molecular formula is C25H30O6. The number of Topliss-reactive ketones (excluding diaryl/α,β-unsaturated/α-hetero) is 1. The largest absolute Gasteiger partial charge is 0.493 e. The van der Waals surface area contributed by atoms with Crippen LogP contribution in [-0.4, -0.2) is 39.2 Å². The molecule has 0 spiro atoms. The first kappa shape index (κ1) is 22.7. The molecule has 0 atom stereocenters. The van der Waals surface area contributed by atoms with E-state index in [0.717, 1.165) is 35.1 Å². The second kappa shape index (κ2) is 9.41. The lowest BCUT2D eigenvalue weighted by atomic mass is 9.95. The van der Waals surface area contributed by atoms with Crippen molar-refractivity contribution in [3.05, 3.63) is 41.5 Å². The molecule has 0 heterocycles. The van der Waals surface area contributed by atoms with Crippen LogP contribution in [0.2, 0.25) is 0 Å². The first-order valence-corrected chi connectivity index (χ1v) is 10.5. The van der Waals surface area contributed by atoms with E-state index >= 15 is 0 Å². The molecule has 0 fully saturated rings. The smallest absolute Gasteiger partial charge is 0.314 e. The normalized spacial score (nSPS) is 13.0. The molecule has 166 valence electrons. The van der Waals surface area contributed by atoms with Gasteiger partial charge in [-0.3, -0.25) is 9.59 Å². The average Bonchev–Trinajstić information content (AvgIpc) is 3.15. The van der Waals surface area contributed by atoms with E-state index in [-0.39, 0.29) is 18.4 Å². The summed E-state index contributed by atoms with van der Waals surface area (Å²) in [6.07, 6.45) is 2.04. The number of benzene rings is 2. The summed E-state index contributed by atoms with van der Waals surface area (Å²) in [6.45, 7) is 6.02.